The molecule has 0 aliphatic rings. The highest BCUT2D eigenvalue weighted by molar-refractivity contribution is 6.39. The first-order valence-corrected chi connectivity index (χ1v) is 12.0. The average Bonchev–Trinajstić information content (AvgIpc) is 2.87. The van der Waals surface area contributed by atoms with Gasteiger partial charge in [0.15, 0.2) is 5.65 Å². The van der Waals surface area contributed by atoms with E-state index in [0.29, 0.717) is 50.8 Å². The Morgan fingerprint density at radius 3 is 2.31 bits per heavy atom. The molecule has 8 nitrogen and oxygen atoms in total. The van der Waals surface area contributed by atoms with Gasteiger partial charge < -0.3 is 19.7 Å². The Morgan fingerprint density at radius 2 is 1.66 bits per heavy atom. The molecule has 0 bridgehead atoms. The number of benzene rings is 2. The summed E-state index contributed by atoms with van der Waals surface area (Å²) in [7, 11) is 1.53. The van der Waals surface area contributed by atoms with Crippen LogP contribution in [0.2, 0.25) is 10.0 Å². The molecule has 4 rings (SSSR count). The maximum Gasteiger partial charge on any atom is 0.249 e. The number of methoxy groups -OCH3 is 1. The molecule has 2 aromatic carbocycles. The quantitative estimate of drug-likeness (QED) is 0.282. The van der Waals surface area contributed by atoms with Gasteiger partial charge in [-0.25, -0.2) is 0 Å². The fourth-order valence-electron chi connectivity index (χ4n) is 3.60. The van der Waals surface area contributed by atoms with Crippen LogP contribution in [0.5, 0.6) is 11.6 Å². The van der Waals surface area contributed by atoms with Crippen molar-refractivity contribution in [1.29, 1.82) is 0 Å². The number of pyridine rings is 1. The third-order valence-electron chi connectivity index (χ3n) is 5.52. The second-order valence-electron chi connectivity index (χ2n) is 7.64. The molecule has 4 aromatic rings. The van der Waals surface area contributed by atoms with Crippen LogP contribution in [0.3, 0.4) is 0 Å². The largest absolute Gasteiger partial charge is 0.492 e. The molecule has 182 valence electrons. The highest BCUT2D eigenvalue weighted by Crippen LogP contribution is 2.39. The van der Waals surface area contributed by atoms with Gasteiger partial charge in [-0.3, -0.25) is 0 Å². The molecule has 0 aliphatic carbocycles. The standard InChI is InChI=1S/C25H26Cl2N6O2/c1-4-33(5-2)13-14-35-17-11-9-16(10-12-17)28-25-30-23-21(31-32-25)15-18(24(29-23)34-3)22-19(26)7-6-8-20(22)27/h6-12,15H,4-5,13-14H2,1-3H3,(H,28,29,30,32). The van der Waals surface area contributed by atoms with Gasteiger partial charge in [0, 0.05) is 23.4 Å². The summed E-state index contributed by atoms with van der Waals surface area (Å²) in [5.41, 5.74) is 2.89. The lowest BCUT2D eigenvalue weighted by molar-refractivity contribution is 0.223. The number of fused-ring (bicyclic) bond motifs is 1. The highest BCUT2D eigenvalue weighted by Gasteiger charge is 2.17. The minimum atomic E-state index is 0.311. The first kappa shape index (κ1) is 24.9. The maximum absolute atomic E-state index is 6.39. The van der Waals surface area contributed by atoms with Crippen LogP contribution in [-0.2, 0) is 0 Å². The van der Waals surface area contributed by atoms with Crippen molar-refractivity contribution in [3.8, 4) is 22.8 Å². The number of hydrogen-bond acceptors (Lipinski definition) is 8. The Kier molecular flexibility index (Phi) is 8.17. The predicted octanol–water partition coefficient (Wildman–Crippen LogP) is 5.87. The first-order chi connectivity index (χ1) is 17.0. The number of anilines is 2. The van der Waals surface area contributed by atoms with E-state index in [0.717, 1.165) is 31.1 Å². The molecule has 2 aromatic heterocycles. The van der Waals surface area contributed by atoms with Crippen LogP contribution in [0, 0.1) is 0 Å². The zero-order chi connectivity index (χ0) is 24.8. The van der Waals surface area contributed by atoms with Crippen LogP contribution in [-0.4, -0.2) is 58.4 Å². The molecule has 10 heteroatoms. The van der Waals surface area contributed by atoms with E-state index in [1.54, 1.807) is 24.3 Å². The molecule has 0 aliphatic heterocycles. The fraction of sp³-hybridized carbons (Fsp3) is 0.280. The van der Waals surface area contributed by atoms with Crippen LogP contribution in [0.1, 0.15) is 13.8 Å². The number of rotatable bonds is 10. The van der Waals surface area contributed by atoms with E-state index in [2.05, 4.69) is 44.2 Å². The zero-order valence-electron chi connectivity index (χ0n) is 19.8. The van der Waals surface area contributed by atoms with Crippen molar-refractivity contribution in [2.75, 3.05) is 38.7 Å². The molecular weight excluding hydrogens is 487 g/mol. The molecule has 2 heterocycles. The summed E-state index contributed by atoms with van der Waals surface area (Å²) in [4.78, 5) is 11.3. The minimum Gasteiger partial charge on any atom is -0.492 e. The van der Waals surface area contributed by atoms with Gasteiger partial charge in [0.1, 0.15) is 17.9 Å². The Bertz CT molecular complexity index is 1280. The van der Waals surface area contributed by atoms with E-state index >= 15 is 0 Å². The Morgan fingerprint density at radius 1 is 0.943 bits per heavy atom. The summed E-state index contributed by atoms with van der Waals surface area (Å²) in [5.74, 6) is 1.45. The third-order valence-corrected chi connectivity index (χ3v) is 6.15. The molecule has 0 unspecified atom stereocenters. The molecule has 0 saturated heterocycles. The molecule has 0 saturated carbocycles. The van der Waals surface area contributed by atoms with Crippen molar-refractivity contribution >= 4 is 46.0 Å². The number of ether oxygens (including phenoxy) is 2. The monoisotopic (exact) mass is 512 g/mol. The Hall–Kier alpha value is -3.20. The van der Waals surface area contributed by atoms with Crippen molar-refractivity contribution in [1.82, 2.24) is 25.1 Å². The van der Waals surface area contributed by atoms with Crippen LogP contribution in [0.4, 0.5) is 11.6 Å². The zero-order valence-corrected chi connectivity index (χ0v) is 21.3. The molecule has 0 radical (unpaired) electrons. The van der Waals surface area contributed by atoms with Crippen LogP contribution in [0.15, 0.2) is 48.5 Å². The lowest BCUT2D eigenvalue weighted by atomic mass is 10.1. The van der Waals surface area contributed by atoms with Crippen molar-refractivity contribution in [3.63, 3.8) is 0 Å². The highest BCUT2D eigenvalue weighted by atomic mass is 35.5. The van der Waals surface area contributed by atoms with E-state index in [4.69, 9.17) is 32.7 Å². The smallest absolute Gasteiger partial charge is 0.249 e. The second kappa shape index (κ2) is 11.5. The third kappa shape index (κ3) is 5.90. The van der Waals surface area contributed by atoms with Gasteiger partial charge in [0.25, 0.3) is 0 Å². The minimum absolute atomic E-state index is 0.311. The lowest BCUT2D eigenvalue weighted by Gasteiger charge is -2.18. The molecule has 0 fully saturated rings. The van der Waals surface area contributed by atoms with Gasteiger partial charge in [0.05, 0.1) is 17.2 Å². The van der Waals surface area contributed by atoms with E-state index in [1.807, 2.05) is 24.3 Å². The van der Waals surface area contributed by atoms with Gasteiger partial charge in [-0.1, -0.05) is 43.1 Å². The number of nitrogens with one attached hydrogen (secondary N) is 1. The molecule has 0 atom stereocenters. The number of nitrogens with zero attached hydrogens (tertiary/aromatic N) is 5. The average molecular weight is 513 g/mol. The fourth-order valence-corrected chi connectivity index (χ4v) is 4.20. The predicted molar refractivity (Wildman–Crippen MR) is 140 cm³/mol. The Balaban J connectivity index is 1.51. The van der Waals surface area contributed by atoms with Crippen LogP contribution >= 0.6 is 23.2 Å². The summed E-state index contributed by atoms with van der Waals surface area (Å²) < 4.78 is 11.3. The van der Waals surface area contributed by atoms with E-state index < -0.39 is 0 Å². The molecule has 35 heavy (non-hydrogen) atoms. The summed E-state index contributed by atoms with van der Waals surface area (Å²) in [6.07, 6.45) is 0. The number of halogens is 2. The van der Waals surface area contributed by atoms with Gasteiger partial charge in [-0.2, -0.15) is 9.97 Å². The van der Waals surface area contributed by atoms with Crippen LogP contribution in [0.25, 0.3) is 22.3 Å². The molecule has 0 amide bonds. The number of aromatic nitrogens is 4. The molecule has 0 spiro atoms. The van der Waals surface area contributed by atoms with Crippen molar-refractivity contribution < 1.29 is 9.47 Å². The first-order valence-electron chi connectivity index (χ1n) is 11.3. The van der Waals surface area contributed by atoms with Crippen molar-refractivity contribution in [2.45, 2.75) is 13.8 Å². The maximum atomic E-state index is 6.39. The summed E-state index contributed by atoms with van der Waals surface area (Å²) in [6, 6.07) is 14.7. The van der Waals surface area contributed by atoms with Crippen molar-refractivity contribution in [2.24, 2.45) is 0 Å². The second-order valence-corrected chi connectivity index (χ2v) is 8.46. The SMILES string of the molecule is CCN(CC)CCOc1ccc(Nc2nnc3cc(-c4c(Cl)cccc4Cl)c(OC)nc3n2)cc1. The normalized spacial score (nSPS) is 11.1. The van der Waals surface area contributed by atoms with Gasteiger partial charge in [-0.15, -0.1) is 10.2 Å². The van der Waals surface area contributed by atoms with Crippen molar-refractivity contribution in [3.05, 3.63) is 58.6 Å². The van der Waals surface area contributed by atoms with Crippen LogP contribution < -0.4 is 14.8 Å². The van der Waals surface area contributed by atoms with Gasteiger partial charge in [-0.05, 0) is 55.6 Å². The van der Waals surface area contributed by atoms with E-state index in [-0.39, 0.29) is 0 Å². The number of hydrogen-bond donors (Lipinski definition) is 1. The lowest BCUT2D eigenvalue weighted by Crippen LogP contribution is -2.27. The molecular formula is C25H26Cl2N6O2. The Labute approximate surface area is 214 Å². The topological polar surface area (TPSA) is 85.3 Å². The summed E-state index contributed by atoms with van der Waals surface area (Å²) in [5, 5.41) is 12.6. The summed E-state index contributed by atoms with van der Waals surface area (Å²) in [6.45, 7) is 7.85. The molecule has 1 N–H and O–H groups in total. The summed E-state index contributed by atoms with van der Waals surface area (Å²) >= 11 is 12.8. The van der Waals surface area contributed by atoms with E-state index in [9.17, 15) is 0 Å². The number of likely N-dealkylation sites (N-methyl/N-ethyl adjacent to an activating group) is 1. The van der Waals surface area contributed by atoms with Gasteiger partial charge >= 0.3 is 0 Å². The van der Waals surface area contributed by atoms with Gasteiger partial charge in [0.2, 0.25) is 11.8 Å². The van der Waals surface area contributed by atoms with E-state index in [1.165, 1.54) is 7.11 Å².